The largest absolute Gasteiger partial charge is 0.489 e. The third-order valence-electron chi connectivity index (χ3n) is 5.10. The lowest BCUT2D eigenvalue weighted by Gasteiger charge is -2.10. The average molecular weight is 486 g/mol. The summed E-state index contributed by atoms with van der Waals surface area (Å²) >= 11 is 5.43. The first-order valence-electron chi connectivity index (χ1n) is 9.96. The molecule has 2 nitrogen and oxygen atoms in total. The molecule has 0 radical (unpaired) electrons. The van der Waals surface area contributed by atoms with Crippen LogP contribution in [0.15, 0.2) is 76.6 Å². The van der Waals surface area contributed by atoms with Crippen LogP contribution in [0.4, 0.5) is 0 Å². The number of thiophene rings is 1. The molecule has 0 aliphatic carbocycles. The molecule has 0 N–H and O–H groups in total. The molecule has 0 saturated heterocycles. The Bertz CT molecular complexity index is 1310. The lowest BCUT2D eigenvalue weighted by atomic mass is 9.97. The summed E-state index contributed by atoms with van der Waals surface area (Å²) in [5.41, 5.74) is 4.60. The van der Waals surface area contributed by atoms with E-state index in [4.69, 9.17) is 10.00 Å². The minimum Gasteiger partial charge on any atom is -0.489 e. The van der Waals surface area contributed by atoms with Crippen LogP contribution in [-0.2, 0) is 6.61 Å². The van der Waals surface area contributed by atoms with Gasteiger partial charge in [0.05, 0.1) is 18.4 Å². The van der Waals surface area contributed by atoms with Crippen molar-refractivity contribution >= 4 is 37.4 Å². The van der Waals surface area contributed by atoms with Crippen molar-refractivity contribution in [2.45, 2.75) is 25.9 Å². The van der Waals surface area contributed by atoms with E-state index in [0.29, 0.717) is 13.0 Å². The minimum absolute atomic E-state index is 0.0548. The first kappa shape index (κ1) is 21.2. The summed E-state index contributed by atoms with van der Waals surface area (Å²) in [6, 6.07) is 24.9. The van der Waals surface area contributed by atoms with Gasteiger partial charge in [-0.2, -0.15) is 5.26 Å². The zero-order chi connectivity index (χ0) is 21.6. The van der Waals surface area contributed by atoms with Gasteiger partial charge in [0, 0.05) is 20.1 Å². The van der Waals surface area contributed by atoms with Gasteiger partial charge >= 0.3 is 0 Å². The third kappa shape index (κ3) is 4.83. The predicted octanol–water partition coefficient (Wildman–Crippen LogP) is 7.93. The zero-order valence-electron chi connectivity index (χ0n) is 17.1. The van der Waals surface area contributed by atoms with Crippen LogP contribution in [0.2, 0.25) is 0 Å². The topological polar surface area (TPSA) is 33.0 Å². The van der Waals surface area contributed by atoms with Crippen molar-refractivity contribution in [1.29, 1.82) is 5.26 Å². The van der Waals surface area contributed by atoms with Crippen LogP contribution >= 0.6 is 27.3 Å². The SMILES string of the molecule is CC#C[C@@H](CC#N)c1ccc(OCc2ccc3scc(-c4ccccc4Br)c3c2)cc1. The number of halogens is 1. The maximum absolute atomic E-state index is 9.01. The van der Waals surface area contributed by atoms with Gasteiger partial charge < -0.3 is 4.74 Å². The molecule has 0 bridgehead atoms. The Labute approximate surface area is 195 Å². The summed E-state index contributed by atoms with van der Waals surface area (Å²) in [5.74, 6) is 6.76. The van der Waals surface area contributed by atoms with E-state index in [-0.39, 0.29) is 5.92 Å². The molecule has 0 unspecified atom stereocenters. The number of rotatable bonds is 6. The third-order valence-corrected chi connectivity index (χ3v) is 6.76. The Hall–Kier alpha value is -3.05. The fourth-order valence-electron chi connectivity index (χ4n) is 3.54. The number of fused-ring (bicyclic) bond motifs is 1. The number of nitriles is 1. The van der Waals surface area contributed by atoms with Gasteiger partial charge in [0.1, 0.15) is 12.4 Å². The molecule has 0 amide bonds. The normalized spacial score (nSPS) is 11.4. The van der Waals surface area contributed by atoms with E-state index in [1.54, 1.807) is 18.3 Å². The molecule has 1 atom stereocenters. The Morgan fingerprint density at radius 1 is 1.03 bits per heavy atom. The fourth-order valence-corrected chi connectivity index (χ4v) is 4.97. The van der Waals surface area contributed by atoms with Gasteiger partial charge in [-0.05, 0) is 59.3 Å². The fraction of sp³-hybridized carbons (Fsp3) is 0.148. The maximum atomic E-state index is 9.01. The number of hydrogen-bond donors (Lipinski definition) is 0. The molecule has 1 aromatic heterocycles. The van der Waals surface area contributed by atoms with Gasteiger partial charge in [-0.3, -0.25) is 0 Å². The smallest absolute Gasteiger partial charge is 0.119 e. The highest BCUT2D eigenvalue weighted by Gasteiger charge is 2.11. The van der Waals surface area contributed by atoms with E-state index in [2.05, 4.69) is 75.6 Å². The monoisotopic (exact) mass is 485 g/mol. The van der Waals surface area contributed by atoms with Gasteiger partial charge in [-0.25, -0.2) is 0 Å². The molecule has 152 valence electrons. The highest BCUT2D eigenvalue weighted by atomic mass is 79.9. The van der Waals surface area contributed by atoms with Crippen LogP contribution in [0.5, 0.6) is 5.75 Å². The van der Waals surface area contributed by atoms with Crippen LogP contribution in [-0.4, -0.2) is 0 Å². The van der Waals surface area contributed by atoms with Gasteiger partial charge in [0.2, 0.25) is 0 Å². The summed E-state index contributed by atoms with van der Waals surface area (Å²) in [7, 11) is 0. The summed E-state index contributed by atoms with van der Waals surface area (Å²) in [4.78, 5) is 0. The second kappa shape index (κ2) is 9.84. The van der Waals surface area contributed by atoms with Crippen molar-refractivity contribution in [2.75, 3.05) is 0 Å². The summed E-state index contributed by atoms with van der Waals surface area (Å²) in [5, 5.41) is 12.5. The van der Waals surface area contributed by atoms with Gasteiger partial charge in [0.25, 0.3) is 0 Å². The van der Waals surface area contributed by atoms with Crippen molar-refractivity contribution < 1.29 is 4.74 Å². The lowest BCUT2D eigenvalue weighted by Crippen LogP contribution is -1.97. The van der Waals surface area contributed by atoms with Crippen molar-refractivity contribution in [1.82, 2.24) is 0 Å². The molecule has 4 heteroatoms. The molecular weight excluding hydrogens is 466 g/mol. The second-order valence-electron chi connectivity index (χ2n) is 7.13. The molecule has 31 heavy (non-hydrogen) atoms. The lowest BCUT2D eigenvalue weighted by molar-refractivity contribution is 0.306. The van der Waals surface area contributed by atoms with Crippen LogP contribution in [0.3, 0.4) is 0 Å². The van der Waals surface area contributed by atoms with Crippen LogP contribution in [0.1, 0.15) is 30.4 Å². The average Bonchev–Trinajstić information content (AvgIpc) is 3.21. The van der Waals surface area contributed by atoms with E-state index < -0.39 is 0 Å². The summed E-state index contributed by atoms with van der Waals surface area (Å²) in [6.45, 7) is 2.30. The maximum Gasteiger partial charge on any atom is 0.119 e. The highest BCUT2D eigenvalue weighted by Crippen LogP contribution is 2.38. The molecule has 3 aromatic carbocycles. The number of ether oxygens (including phenoxy) is 1. The van der Waals surface area contributed by atoms with Crippen LogP contribution in [0.25, 0.3) is 21.2 Å². The van der Waals surface area contributed by atoms with E-state index in [9.17, 15) is 0 Å². The molecule has 0 spiro atoms. The van der Waals surface area contributed by atoms with E-state index in [1.165, 1.54) is 21.2 Å². The van der Waals surface area contributed by atoms with Crippen LogP contribution in [0, 0.1) is 23.2 Å². The molecule has 0 aliphatic rings. The predicted molar refractivity (Wildman–Crippen MR) is 132 cm³/mol. The Kier molecular flexibility index (Phi) is 6.73. The molecule has 1 heterocycles. The minimum atomic E-state index is -0.0548. The van der Waals surface area contributed by atoms with Crippen molar-refractivity contribution in [3.05, 3.63) is 87.7 Å². The Morgan fingerprint density at radius 2 is 1.84 bits per heavy atom. The summed E-state index contributed by atoms with van der Waals surface area (Å²) in [6.07, 6.45) is 0.390. The number of nitrogens with zero attached hydrogens (tertiary/aromatic N) is 1. The second-order valence-corrected chi connectivity index (χ2v) is 8.89. The molecule has 0 fully saturated rings. The van der Waals surface area contributed by atoms with E-state index in [0.717, 1.165) is 21.3 Å². The highest BCUT2D eigenvalue weighted by molar-refractivity contribution is 9.10. The summed E-state index contributed by atoms with van der Waals surface area (Å²) < 4.78 is 8.39. The quantitative estimate of drug-likeness (QED) is 0.259. The van der Waals surface area contributed by atoms with Gasteiger partial charge in [-0.1, -0.05) is 58.2 Å². The van der Waals surface area contributed by atoms with E-state index >= 15 is 0 Å². The Balaban J connectivity index is 1.52. The molecule has 0 aliphatic heterocycles. The molecule has 0 saturated carbocycles. The first-order chi connectivity index (χ1) is 15.2. The van der Waals surface area contributed by atoms with E-state index in [1.807, 2.05) is 30.3 Å². The van der Waals surface area contributed by atoms with Crippen LogP contribution < -0.4 is 4.74 Å². The molecular formula is C27H20BrNOS. The molecule has 4 rings (SSSR count). The van der Waals surface area contributed by atoms with Gasteiger partial charge in [0.15, 0.2) is 0 Å². The van der Waals surface area contributed by atoms with Crippen molar-refractivity contribution in [3.63, 3.8) is 0 Å². The number of hydrogen-bond acceptors (Lipinski definition) is 3. The van der Waals surface area contributed by atoms with Gasteiger partial charge in [-0.15, -0.1) is 17.3 Å². The first-order valence-corrected chi connectivity index (χ1v) is 11.6. The molecule has 4 aromatic rings. The number of benzene rings is 3. The standard InChI is InChI=1S/C27H20BrNOS/c1-2-5-20(14-15-29)21-9-11-22(12-10-21)30-17-19-8-13-27-24(16-19)25(18-31-27)23-6-3-4-7-26(23)28/h3-4,6-13,16,18,20H,14,17H2,1H3/t20-/m0/s1. The van der Waals surface area contributed by atoms with Crippen molar-refractivity contribution in [3.8, 4) is 34.8 Å². The Morgan fingerprint density at radius 3 is 2.58 bits per heavy atom. The zero-order valence-corrected chi connectivity index (χ0v) is 19.5. The van der Waals surface area contributed by atoms with Crippen molar-refractivity contribution in [2.24, 2.45) is 0 Å².